The second-order valence-corrected chi connectivity index (χ2v) is 9.73. The summed E-state index contributed by atoms with van der Waals surface area (Å²) in [6.07, 6.45) is 3.58. The van der Waals surface area contributed by atoms with Gasteiger partial charge < -0.3 is 9.47 Å². The Kier molecular flexibility index (Phi) is 5.94. The van der Waals surface area contributed by atoms with Gasteiger partial charge in [-0.2, -0.15) is 0 Å². The Bertz CT molecular complexity index is 997. The molecular weight excluding hydrogens is 372 g/mol. The first-order valence-corrected chi connectivity index (χ1v) is 10.5. The Morgan fingerprint density at radius 3 is 2.23 bits per heavy atom. The summed E-state index contributed by atoms with van der Waals surface area (Å²) in [4.78, 5) is 12.3. The quantitative estimate of drug-likeness (QED) is 0.424. The van der Waals surface area contributed by atoms with E-state index in [9.17, 15) is 4.79 Å². The van der Waals surface area contributed by atoms with E-state index in [0.29, 0.717) is 12.4 Å². The van der Waals surface area contributed by atoms with Gasteiger partial charge in [-0.1, -0.05) is 77.9 Å². The van der Waals surface area contributed by atoms with Crippen molar-refractivity contribution in [3.05, 3.63) is 76.6 Å². The van der Waals surface area contributed by atoms with Crippen LogP contribution in [0.4, 0.5) is 0 Å². The number of ether oxygens (including phenoxy) is 2. The number of carbonyl (C=O) groups is 1. The molecule has 0 bridgehead atoms. The normalized spacial score (nSPS) is 15.3. The lowest BCUT2D eigenvalue weighted by molar-refractivity contribution is -0.137. The van der Waals surface area contributed by atoms with Crippen molar-refractivity contribution in [3.8, 4) is 5.75 Å². The number of rotatable bonds is 3. The minimum atomic E-state index is -0.401. The summed E-state index contributed by atoms with van der Waals surface area (Å²) in [7, 11) is 0. The van der Waals surface area contributed by atoms with Gasteiger partial charge in [-0.15, -0.1) is 0 Å². The van der Waals surface area contributed by atoms with E-state index in [1.165, 1.54) is 11.6 Å². The minimum absolute atomic E-state index is 0.0107. The average molecular weight is 405 g/mol. The van der Waals surface area contributed by atoms with Crippen LogP contribution in [0.1, 0.15) is 70.7 Å². The number of fused-ring (bicyclic) bond motifs is 1. The van der Waals surface area contributed by atoms with E-state index in [1.807, 2.05) is 30.3 Å². The summed E-state index contributed by atoms with van der Waals surface area (Å²) in [6, 6.07) is 14.4. The zero-order chi connectivity index (χ0) is 22.1. The lowest BCUT2D eigenvalue weighted by Crippen LogP contribution is -2.20. The van der Waals surface area contributed by atoms with E-state index in [4.69, 9.17) is 9.47 Å². The molecule has 0 aromatic heterocycles. The Labute approximate surface area is 180 Å². The van der Waals surface area contributed by atoms with Gasteiger partial charge in [0.2, 0.25) is 0 Å². The predicted octanol–water partition coefficient (Wildman–Crippen LogP) is 6.66. The highest BCUT2D eigenvalue weighted by Crippen LogP contribution is 2.44. The van der Waals surface area contributed by atoms with Gasteiger partial charge in [-0.25, -0.2) is 4.79 Å². The average Bonchev–Trinajstić information content (AvgIpc) is 2.66. The molecule has 1 aliphatic rings. The molecule has 3 heteroatoms. The third kappa shape index (κ3) is 4.67. The SMILES string of the molecule is CCOC(=O)/C=C1\Oc2c(cc(C(C)(C)C)cc2C(C)(C)C)C=C1c1ccccc1. The summed E-state index contributed by atoms with van der Waals surface area (Å²) in [5.41, 5.74) is 5.20. The lowest BCUT2D eigenvalue weighted by atomic mass is 9.78. The molecule has 158 valence electrons. The van der Waals surface area contributed by atoms with Gasteiger partial charge in [0.25, 0.3) is 0 Å². The molecule has 0 atom stereocenters. The molecule has 0 amide bonds. The molecule has 3 nitrogen and oxygen atoms in total. The number of hydrogen-bond acceptors (Lipinski definition) is 3. The van der Waals surface area contributed by atoms with Gasteiger partial charge in [0.05, 0.1) is 12.7 Å². The molecule has 0 saturated heterocycles. The second kappa shape index (κ2) is 8.14. The Morgan fingerprint density at radius 1 is 1.00 bits per heavy atom. The summed E-state index contributed by atoms with van der Waals surface area (Å²) in [5, 5.41) is 0. The van der Waals surface area contributed by atoms with Crippen molar-refractivity contribution in [1.29, 1.82) is 0 Å². The van der Waals surface area contributed by atoms with Gasteiger partial charge in [0.1, 0.15) is 11.5 Å². The van der Waals surface area contributed by atoms with E-state index in [1.54, 1.807) is 6.92 Å². The highest BCUT2D eigenvalue weighted by Gasteiger charge is 2.29. The van der Waals surface area contributed by atoms with Gasteiger partial charge >= 0.3 is 5.97 Å². The van der Waals surface area contributed by atoms with Crippen LogP contribution in [0.3, 0.4) is 0 Å². The third-order valence-electron chi connectivity index (χ3n) is 5.19. The lowest BCUT2D eigenvalue weighted by Gasteiger charge is -2.31. The molecule has 2 aromatic carbocycles. The fourth-order valence-electron chi connectivity index (χ4n) is 3.50. The zero-order valence-electron chi connectivity index (χ0n) is 19.1. The van der Waals surface area contributed by atoms with Crippen molar-refractivity contribution in [2.24, 2.45) is 0 Å². The first kappa shape index (κ1) is 21.9. The van der Waals surface area contributed by atoms with Crippen molar-refractivity contribution in [1.82, 2.24) is 0 Å². The van der Waals surface area contributed by atoms with Crippen LogP contribution in [0.2, 0.25) is 0 Å². The molecule has 30 heavy (non-hydrogen) atoms. The maximum atomic E-state index is 12.3. The van der Waals surface area contributed by atoms with Crippen molar-refractivity contribution >= 4 is 17.6 Å². The standard InChI is InChI=1S/C27H32O3/c1-8-29-24(28)17-23-21(18-12-10-9-11-13-18)15-19-14-20(26(2,3)4)16-22(25(19)30-23)27(5,6)7/h9-17H,8H2,1-7H3/b23-17-. The number of allylic oxidation sites excluding steroid dienone is 1. The molecule has 0 saturated carbocycles. The van der Waals surface area contributed by atoms with E-state index in [0.717, 1.165) is 28.0 Å². The number of hydrogen-bond donors (Lipinski definition) is 0. The van der Waals surface area contributed by atoms with E-state index >= 15 is 0 Å². The number of benzene rings is 2. The molecule has 3 rings (SSSR count). The topological polar surface area (TPSA) is 35.5 Å². The van der Waals surface area contributed by atoms with Crippen LogP contribution < -0.4 is 4.74 Å². The highest BCUT2D eigenvalue weighted by atomic mass is 16.5. The molecular formula is C27H32O3. The van der Waals surface area contributed by atoms with Crippen LogP contribution in [0.25, 0.3) is 11.6 Å². The maximum Gasteiger partial charge on any atom is 0.334 e. The molecule has 0 radical (unpaired) electrons. The molecule has 0 spiro atoms. The van der Waals surface area contributed by atoms with Crippen LogP contribution in [0.15, 0.2) is 54.3 Å². The van der Waals surface area contributed by atoms with E-state index in [2.05, 4.69) is 59.8 Å². The summed E-state index contributed by atoms with van der Waals surface area (Å²) < 4.78 is 11.6. The molecule has 1 aliphatic heterocycles. The van der Waals surface area contributed by atoms with Crippen molar-refractivity contribution in [3.63, 3.8) is 0 Å². The first-order chi connectivity index (χ1) is 14.0. The van der Waals surface area contributed by atoms with Crippen molar-refractivity contribution < 1.29 is 14.3 Å². The molecule has 0 fully saturated rings. The molecule has 2 aromatic rings. The highest BCUT2D eigenvalue weighted by molar-refractivity contribution is 5.97. The zero-order valence-corrected chi connectivity index (χ0v) is 19.1. The van der Waals surface area contributed by atoms with Crippen LogP contribution in [0.5, 0.6) is 5.75 Å². The number of esters is 1. The van der Waals surface area contributed by atoms with E-state index < -0.39 is 5.97 Å². The summed E-state index contributed by atoms with van der Waals surface area (Å²) in [6.45, 7) is 15.3. The molecule has 0 N–H and O–H groups in total. The molecule has 0 unspecified atom stereocenters. The van der Waals surface area contributed by atoms with Crippen LogP contribution >= 0.6 is 0 Å². The monoisotopic (exact) mass is 404 g/mol. The van der Waals surface area contributed by atoms with Gasteiger partial charge in [0, 0.05) is 16.7 Å². The second-order valence-electron chi connectivity index (χ2n) is 9.73. The third-order valence-corrected chi connectivity index (χ3v) is 5.19. The minimum Gasteiger partial charge on any atom is -0.463 e. The Hall–Kier alpha value is -2.81. The molecule has 0 aliphatic carbocycles. The Balaban J connectivity index is 2.27. The maximum absolute atomic E-state index is 12.3. The van der Waals surface area contributed by atoms with Crippen molar-refractivity contribution in [2.45, 2.75) is 59.3 Å². The van der Waals surface area contributed by atoms with Crippen LogP contribution in [-0.4, -0.2) is 12.6 Å². The largest absolute Gasteiger partial charge is 0.463 e. The predicted molar refractivity (Wildman–Crippen MR) is 123 cm³/mol. The van der Waals surface area contributed by atoms with Crippen LogP contribution in [-0.2, 0) is 20.4 Å². The molecule has 1 heterocycles. The van der Waals surface area contributed by atoms with Crippen molar-refractivity contribution in [2.75, 3.05) is 6.61 Å². The summed E-state index contributed by atoms with van der Waals surface area (Å²) in [5.74, 6) is 0.924. The van der Waals surface area contributed by atoms with Gasteiger partial charge in [0.15, 0.2) is 0 Å². The van der Waals surface area contributed by atoms with Crippen LogP contribution in [0, 0.1) is 0 Å². The van der Waals surface area contributed by atoms with Gasteiger partial charge in [-0.3, -0.25) is 0 Å². The van der Waals surface area contributed by atoms with E-state index in [-0.39, 0.29) is 10.8 Å². The Morgan fingerprint density at radius 2 is 1.67 bits per heavy atom. The fraction of sp³-hybridized carbons (Fsp3) is 0.370. The summed E-state index contributed by atoms with van der Waals surface area (Å²) >= 11 is 0. The number of carbonyl (C=O) groups excluding carboxylic acids is 1. The smallest absolute Gasteiger partial charge is 0.334 e. The fourth-order valence-corrected chi connectivity index (χ4v) is 3.50. The van der Waals surface area contributed by atoms with Gasteiger partial charge in [-0.05, 0) is 41.0 Å². The first-order valence-electron chi connectivity index (χ1n) is 10.5.